The fourth-order valence-corrected chi connectivity index (χ4v) is 2.36. The molecular formula is C14H9BrCl2N2O2. The number of halogens is 3. The predicted octanol–water partition coefficient (Wildman–Crippen LogP) is 4.11. The summed E-state index contributed by atoms with van der Waals surface area (Å²) in [5.74, 6) is -1.05. The molecule has 2 aromatic rings. The SMILES string of the molecule is NC(=O)c1ccc(Cl)c(NC(=O)c2cc(Br)ccc2Cl)c1. The van der Waals surface area contributed by atoms with Crippen LogP contribution in [0.25, 0.3) is 0 Å². The Morgan fingerprint density at radius 1 is 1.05 bits per heavy atom. The van der Waals surface area contributed by atoms with Crippen molar-refractivity contribution in [1.29, 1.82) is 0 Å². The lowest BCUT2D eigenvalue weighted by atomic mass is 10.1. The van der Waals surface area contributed by atoms with E-state index in [9.17, 15) is 9.59 Å². The number of amides is 2. The normalized spacial score (nSPS) is 10.2. The van der Waals surface area contributed by atoms with Crippen LogP contribution in [0.4, 0.5) is 5.69 Å². The Morgan fingerprint density at radius 3 is 2.38 bits per heavy atom. The van der Waals surface area contributed by atoms with E-state index in [1.165, 1.54) is 18.2 Å². The molecule has 2 rings (SSSR count). The molecule has 0 heterocycles. The average molecular weight is 388 g/mol. The second-order valence-electron chi connectivity index (χ2n) is 4.14. The van der Waals surface area contributed by atoms with Crippen molar-refractivity contribution >= 4 is 56.6 Å². The molecule has 0 spiro atoms. The van der Waals surface area contributed by atoms with Gasteiger partial charge in [0.1, 0.15) is 0 Å². The standard InChI is InChI=1S/C14H9BrCl2N2O2/c15-8-2-4-10(16)9(6-8)14(21)19-12-5-7(13(18)20)1-3-11(12)17/h1-6H,(H2,18,20)(H,19,21). The van der Waals surface area contributed by atoms with Gasteiger partial charge in [-0.25, -0.2) is 0 Å². The molecule has 2 aromatic carbocycles. The van der Waals surface area contributed by atoms with Crippen LogP contribution in [-0.2, 0) is 0 Å². The Morgan fingerprint density at radius 2 is 1.71 bits per heavy atom. The summed E-state index contributed by atoms with van der Waals surface area (Å²) in [5, 5.41) is 3.20. The minimum Gasteiger partial charge on any atom is -0.366 e. The number of nitrogens with two attached hydrogens (primary N) is 1. The maximum atomic E-state index is 12.2. The summed E-state index contributed by atoms with van der Waals surface area (Å²) in [5.41, 5.74) is 6.01. The zero-order valence-electron chi connectivity index (χ0n) is 10.5. The number of carbonyl (C=O) groups excluding carboxylic acids is 2. The van der Waals surface area contributed by atoms with Crippen LogP contribution < -0.4 is 11.1 Å². The van der Waals surface area contributed by atoms with Crippen molar-refractivity contribution < 1.29 is 9.59 Å². The monoisotopic (exact) mass is 386 g/mol. The van der Waals surface area contributed by atoms with E-state index in [-0.39, 0.29) is 16.8 Å². The average Bonchev–Trinajstić information content (AvgIpc) is 2.43. The highest BCUT2D eigenvalue weighted by Crippen LogP contribution is 2.26. The lowest BCUT2D eigenvalue weighted by molar-refractivity contribution is 0.0996. The Hall–Kier alpha value is -1.56. The lowest BCUT2D eigenvalue weighted by Crippen LogP contribution is -2.15. The van der Waals surface area contributed by atoms with Crippen LogP contribution in [0.5, 0.6) is 0 Å². The maximum absolute atomic E-state index is 12.2. The Labute approximate surface area is 139 Å². The van der Waals surface area contributed by atoms with Crippen molar-refractivity contribution in [2.45, 2.75) is 0 Å². The van der Waals surface area contributed by atoms with Crippen LogP contribution >= 0.6 is 39.1 Å². The first-order valence-corrected chi connectivity index (χ1v) is 7.29. The van der Waals surface area contributed by atoms with Crippen LogP contribution in [0.15, 0.2) is 40.9 Å². The molecule has 0 aliphatic carbocycles. The third kappa shape index (κ3) is 3.75. The summed E-state index contributed by atoms with van der Waals surface area (Å²) in [6, 6.07) is 9.28. The van der Waals surface area contributed by atoms with Crippen LogP contribution in [0, 0.1) is 0 Å². The first kappa shape index (κ1) is 15.8. The maximum Gasteiger partial charge on any atom is 0.257 e. The fourth-order valence-electron chi connectivity index (χ4n) is 1.64. The second kappa shape index (κ2) is 6.47. The molecule has 0 saturated carbocycles. The molecule has 0 radical (unpaired) electrons. The van der Waals surface area contributed by atoms with E-state index in [4.69, 9.17) is 28.9 Å². The van der Waals surface area contributed by atoms with E-state index >= 15 is 0 Å². The Bertz CT molecular complexity index is 735. The van der Waals surface area contributed by atoms with Gasteiger partial charge in [0.2, 0.25) is 5.91 Å². The first-order valence-electron chi connectivity index (χ1n) is 5.74. The molecule has 0 atom stereocenters. The zero-order valence-corrected chi connectivity index (χ0v) is 13.6. The van der Waals surface area contributed by atoms with Gasteiger partial charge in [0, 0.05) is 10.0 Å². The molecule has 2 amide bonds. The van der Waals surface area contributed by atoms with Gasteiger partial charge in [0.05, 0.1) is 21.3 Å². The van der Waals surface area contributed by atoms with Crippen LogP contribution in [0.1, 0.15) is 20.7 Å². The summed E-state index contributed by atoms with van der Waals surface area (Å²) in [6.45, 7) is 0. The van der Waals surface area contributed by atoms with E-state index < -0.39 is 11.8 Å². The summed E-state index contributed by atoms with van der Waals surface area (Å²) in [4.78, 5) is 23.4. The van der Waals surface area contributed by atoms with Crippen molar-refractivity contribution in [2.24, 2.45) is 5.73 Å². The fraction of sp³-hybridized carbons (Fsp3) is 0. The van der Waals surface area contributed by atoms with Crippen molar-refractivity contribution in [3.63, 3.8) is 0 Å². The van der Waals surface area contributed by atoms with Crippen molar-refractivity contribution in [3.05, 3.63) is 62.0 Å². The minimum atomic E-state index is -0.609. The van der Waals surface area contributed by atoms with Crippen molar-refractivity contribution in [1.82, 2.24) is 0 Å². The highest BCUT2D eigenvalue weighted by Gasteiger charge is 2.14. The second-order valence-corrected chi connectivity index (χ2v) is 5.87. The molecule has 0 unspecified atom stereocenters. The zero-order chi connectivity index (χ0) is 15.6. The van der Waals surface area contributed by atoms with Gasteiger partial charge in [0.15, 0.2) is 0 Å². The van der Waals surface area contributed by atoms with Gasteiger partial charge in [-0.3, -0.25) is 9.59 Å². The molecule has 3 N–H and O–H groups in total. The van der Waals surface area contributed by atoms with E-state index in [0.29, 0.717) is 14.5 Å². The Balaban J connectivity index is 2.33. The molecule has 0 fully saturated rings. The van der Waals surface area contributed by atoms with E-state index in [0.717, 1.165) is 0 Å². The number of rotatable bonds is 3. The van der Waals surface area contributed by atoms with Gasteiger partial charge >= 0.3 is 0 Å². The molecule has 108 valence electrons. The first-order chi connectivity index (χ1) is 9.88. The third-order valence-corrected chi connectivity index (χ3v) is 3.82. The van der Waals surface area contributed by atoms with E-state index in [1.807, 2.05) is 0 Å². The molecule has 4 nitrogen and oxygen atoms in total. The topological polar surface area (TPSA) is 72.2 Å². The van der Waals surface area contributed by atoms with Gasteiger partial charge in [-0.15, -0.1) is 0 Å². The van der Waals surface area contributed by atoms with Crippen LogP contribution in [-0.4, -0.2) is 11.8 Å². The van der Waals surface area contributed by atoms with Crippen LogP contribution in [0.2, 0.25) is 10.0 Å². The summed E-state index contributed by atoms with van der Waals surface area (Å²) in [7, 11) is 0. The van der Waals surface area contributed by atoms with Gasteiger partial charge in [-0.05, 0) is 36.4 Å². The number of hydrogen-bond donors (Lipinski definition) is 2. The van der Waals surface area contributed by atoms with Gasteiger partial charge in [0.25, 0.3) is 5.91 Å². The van der Waals surface area contributed by atoms with Gasteiger partial charge in [-0.2, -0.15) is 0 Å². The van der Waals surface area contributed by atoms with Crippen molar-refractivity contribution in [2.75, 3.05) is 5.32 Å². The summed E-state index contributed by atoms with van der Waals surface area (Å²) < 4.78 is 0.717. The quantitative estimate of drug-likeness (QED) is 0.831. The number of nitrogens with one attached hydrogen (secondary N) is 1. The minimum absolute atomic E-state index is 0.245. The summed E-state index contributed by atoms with van der Waals surface area (Å²) >= 11 is 15.3. The molecule has 7 heteroatoms. The molecule has 21 heavy (non-hydrogen) atoms. The summed E-state index contributed by atoms with van der Waals surface area (Å²) in [6.07, 6.45) is 0. The number of primary amides is 1. The van der Waals surface area contributed by atoms with E-state index in [2.05, 4.69) is 21.2 Å². The number of hydrogen-bond acceptors (Lipinski definition) is 2. The molecule has 0 bridgehead atoms. The largest absolute Gasteiger partial charge is 0.366 e. The predicted molar refractivity (Wildman–Crippen MR) is 87.1 cm³/mol. The molecule has 0 aromatic heterocycles. The van der Waals surface area contributed by atoms with Gasteiger partial charge in [-0.1, -0.05) is 39.1 Å². The molecular weight excluding hydrogens is 379 g/mol. The molecule has 0 saturated heterocycles. The van der Waals surface area contributed by atoms with Crippen LogP contribution in [0.3, 0.4) is 0 Å². The number of carbonyl (C=O) groups is 2. The van der Waals surface area contributed by atoms with E-state index in [1.54, 1.807) is 18.2 Å². The number of anilines is 1. The molecule has 0 aliphatic heterocycles. The number of benzene rings is 2. The van der Waals surface area contributed by atoms with Gasteiger partial charge < -0.3 is 11.1 Å². The molecule has 0 aliphatic rings. The van der Waals surface area contributed by atoms with Crippen molar-refractivity contribution in [3.8, 4) is 0 Å². The Kier molecular flexibility index (Phi) is 4.88. The smallest absolute Gasteiger partial charge is 0.257 e. The lowest BCUT2D eigenvalue weighted by Gasteiger charge is -2.10. The highest BCUT2D eigenvalue weighted by molar-refractivity contribution is 9.10. The third-order valence-electron chi connectivity index (χ3n) is 2.67. The highest BCUT2D eigenvalue weighted by atomic mass is 79.9.